The molecule has 0 fully saturated rings. The van der Waals surface area contributed by atoms with E-state index in [9.17, 15) is 38.9 Å². The number of aromatic nitrogens is 8. The fourth-order valence-corrected chi connectivity index (χ4v) is 9.14. The number of aromatic amines is 1. The molecule has 2 aliphatic rings. The summed E-state index contributed by atoms with van der Waals surface area (Å²) in [5.41, 5.74) is 0.652. The molecule has 4 aromatic carbocycles. The molecule has 9 rings (SSSR count). The Balaban J connectivity index is 1.59. The number of H-pyrrole nitrogens is 1. The molecule has 0 aliphatic carbocycles. The molecule has 8 bridgehead atoms. The molecule has 0 saturated carbocycles. The second-order valence-electron chi connectivity index (χ2n) is 11.6. The first-order valence-electron chi connectivity index (χ1n) is 14.9. The smallest absolute Gasteiger partial charge is 0.324 e. The van der Waals surface area contributed by atoms with E-state index in [1.165, 1.54) is 6.07 Å². The van der Waals surface area contributed by atoms with Crippen LogP contribution in [0.3, 0.4) is 0 Å². The Labute approximate surface area is 291 Å². The number of fused-ring (bicyclic) bond motifs is 20. The van der Waals surface area contributed by atoms with Gasteiger partial charge in [-0.1, -0.05) is 72.8 Å². The van der Waals surface area contributed by atoms with Crippen LogP contribution in [0.5, 0.6) is 0 Å². The van der Waals surface area contributed by atoms with Crippen LogP contribution in [-0.2, 0) is 30.5 Å². The van der Waals surface area contributed by atoms with E-state index in [2.05, 4.69) is 34.9 Å². The van der Waals surface area contributed by atoms with Gasteiger partial charge in [-0.25, -0.2) is 29.9 Å². The molecule has 20 heteroatoms. The zero-order chi connectivity index (χ0) is 36.3. The summed E-state index contributed by atoms with van der Waals surface area (Å²) in [6, 6.07) is 21.7. The van der Waals surface area contributed by atoms with E-state index in [1.54, 1.807) is 72.8 Å². The molecule has 4 N–H and O–H groups in total. The van der Waals surface area contributed by atoms with Crippen molar-refractivity contribution in [2.45, 2.75) is 9.79 Å². The molecule has 0 saturated heterocycles. The van der Waals surface area contributed by atoms with E-state index < -0.39 is 45.7 Å². The van der Waals surface area contributed by atoms with Gasteiger partial charge in [-0.15, -0.1) is 0 Å². The molecule has 52 heavy (non-hydrogen) atoms. The number of benzene rings is 4. The average Bonchev–Trinajstić information content (AvgIpc) is 3.81. The van der Waals surface area contributed by atoms with Gasteiger partial charge >= 0.3 is 10.3 Å². The van der Waals surface area contributed by atoms with Crippen LogP contribution in [0.4, 0.5) is 0 Å². The summed E-state index contributed by atoms with van der Waals surface area (Å²) in [4.78, 5) is 28.2. The van der Waals surface area contributed by atoms with E-state index >= 15 is 0 Å². The van der Waals surface area contributed by atoms with Crippen LogP contribution in [0, 0.1) is 0 Å². The Kier molecular flexibility index (Phi) is 6.59. The van der Waals surface area contributed by atoms with Crippen molar-refractivity contribution in [3.8, 4) is 45.6 Å². The predicted molar refractivity (Wildman–Crippen MR) is 186 cm³/mol. The normalized spacial score (nSPS) is 13.0. The first-order valence-corrected chi connectivity index (χ1v) is 19.2. The van der Waals surface area contributed by atoms with E-state index in [0.29, 0.717) is 31.6 Å². The third-order valence-electron chi connectivity index (χ3n) is 8.51. The van der Waals surface area contributed by atoms with Gasteiger partial charge in [-0.2, -0.15) is 29.2 Å². The van der Waals surface area contributed by atoms with Gasteiger partial charge in [-0.05, 0) is 12.1 Å². The van der Waals surface area contributed by atoms with Gasteiger partial charge < -0.3 is 4.98 Å². The minimum Gasteiger partial charge on any atom is -0.324 e. The third-order valence-corrected chi connectivity index (χ3v) is 11.3. The molecule has 5 heterocycles. The minimum absolute atomic E-state index is 0.00613. The van der Waals surface area contributed by atoms with Crippen molar-refractivity contribution < 1.29 is 38.9 Å². The zero-order valence-electron chi connectivity index (χ0n) is 25.7. The highest BCUT2D eigenvalue weighted by Crippen LogP contribution is 2.39. The summed E-state index contributed by atoms with van der Waals surface area (Å²) in [7, 11) is -15.7. The van der Waals surface area contributed by atoms with E-state index in [-0.39, 0.29) is 56.7 Å². The van der Waals surface area contributed by atoms with Gasteiger partial charge in [-0.3, -0.25) is 13.7 Å². The lowest BCUT2D eigenvalue weighted by molar-refractivity contribution is 0.468. The van der Waals surface area contributed by atoms with Gasteiger partial charge in [0, 0.05) is 38.4 Å². The topological polar surface area (TPSA) is 261 Å². The SMILES string of the molecule is O=S(=O)(O)c1ccc2c3nc4nc(nc5c6ccccc6c(nc6nc(nc([nH]3)c2c1S(=O)(=O)O)-c1ccccc1-6)n5S(=O)(=O)O)-c1ccccc1-4. The molecular formula is C32H18N8O9S3. The first-order chi connectivity index (χ1) is 24.7. The molecule has 2 aliphatic heterocycles. The molecular weight excluding hydrogens is 737 g/mol. The Bertz CT molecular complexity index is 3290. The van der Waals surface area contributed by atoms with Crippen LogP contribution in [0.2, 0.25) is 0 Å². The van der Waals surface area contributed by atoms with Gasteiger partial charge in [0.05, 0.1) is 5.39 Å². The van der Waals surface area contributed by atoms with Gasteiger partial charge in [0.2, 0.25) is 0 Å². The van der Waals surface area contributed by atoms with Crippen molar-refractivity contribution in [3.05, 3.63) is 84.9 Å². The van der Waals surface area contributed by atoms with Gasteiger partial charge in [0.15, 0.2) is 34.6 Å². The number of hydrogen-bond donors (Lipinski definition) is 4. The number of nitrogens with zero attached hydrogens (tertiary/aromatic N) is 7. The summed E-state index contributed by atoms with van der Waals surface area (Å²) in [6.45, 7) is 0. The highest BCUT2D eigenvalue weighted by Gasteiger charge is 2.31. The molecule has 7 aromatic rings. The number of rotatable bonds is 3. The molecule has 0 unspecified atom stereocenters. The first kappa shape index (κ1) is 31.9. The van der Waals surface area contributed by atoms with Crippen molar-refractivity contribution in [3.63, 3.8) is 0 Å². The fourth-order valence-electron chi connectivity index (χ4n) is 6.43. The lowest BCUT2D eigenvalue weighted by Gasteiger charge is -2.06. The monoisotopic (exact) mass is 754 g/mol. The van der Waals surface area contributed by atoms with E-state index in [1.807, 2.05) is 0 Å². The van der Waals surface area contributed by atoms with Crippen LogP contribution in [-0.4, -0.2) is 77.8 Å². The Morgan fingerprint density at radius 3 is 1.37 bits per heavy atom. The second-order valence-corrected chi connectivity index (χ2v) is 15.6. The fraction of sp³-hybridized carbons (Fsp3) is 0. The van der Waals surface area contributed by atoms with Crippen LogP contribution in [0.25, 0.3) is 89.7 Å². The van der Waals surface area contributed by atoms with Crippen LogP contribution >= 0.6 is 0 Å². The summed E-state index contributed by atoms with van der Waals surface area (Å²) >= 11 is 0. The van der Waals surface area contributed by atoms with Crippen molar-refractivity contribution in [2.75, 3.05) is 0 Å². The molecule has 0 amide bonds. The zero-order valence-corrected chi connectivity index (χ0v) is 28.2. The van der Waals surface area contributed by atoms with Crippen LogP contribution in [0.15, 0.2) is 94.7 Å². The van der Waals surface area contributed by atoms with Crippen LogP contribution in [0.1, 0.15) is 0 Å². The Hall–Kier alpha value is -6.03. The average molecular weight is 755 g/mol. The Morgan fingerprint density at radius 2 is 0.923 bits per heavy atom. The van der Waals surface area contributed by atoms with E-state index in [4.69, 9.17) is 0 Å². The largest absolute Gasteiger partial charge is 0.366 e. The summed E-state index contributed by atoms with van der Waals surface area (Å²) in [5, 5.41) is 0.110. The lowest BCUT2D eigenvalue weighted by atomic mass is 10.1. The lowest BCUT2D eigenvalue weighted by Crippen LogP contribution is -2.11. The molecule has 17 nitrogen and oxygen atoms in total. The summed E-state index contributed by atoms with van der Waals surface area (Å²) < 4.78 is 108. The number of nitrogens with one attached hydrogen (secondary N) is 1. The highest BCUT2D eigenvalue weighted by atomic mass is 32.2. The minimum atomic E-state index is -5.37. The molecule has 258 valence electrons. The predicted octanol–water partition coefficient (Wildman–Crippen LogP) is 4.49. The van der Waals surface area contributed by atoms with Crippen molar-refractivity contribution in [1.82, 2.24) is 38.9 Å². The third kappa shape index (κ3) is 4.81. The number of hydrogen-bond acceptors (Lipinski definition) is 12. The molecule has 0 radical (unpaired) electrons. The highest BCUT2D eigenvalue weighted by molar-refractivity contribution is 7.89. The van der Waals surface area contributed by atoms with Gasteiger partial charge in [0.25, 0.3) is 20.2 Å². The Morgan fingerprint density at radius 1 is 0.481 bits per heavy atom. The quantitative estimate of drug-likeness (QED) is 0.181. The molecule has 3 aromatic heterocycles. The van der Waals surface area contributed by atoms with Crippen LogP contribution < -0.4 is 0 Å². The summed E-state index contributed by atoms with van der Waals surface area (Å²) in [6.07, 6.45) is 0. The van der Waals surface area contributed by atoms with Gasteiger partial charge in [0.1, 0.15) is 21.1 Å². The molecule has 0 spiro atoms. The van der Waals surface area contributed by atoms with Crippen molar-refractivity contribution >= 4 is 74.7 Å². The molecule has 0 atom stereocenters. The second kappa shape index (κ2) is 10.7. The maximum absolute atomic E-state index is 13.1. The van der Waals surface area contributed by atoms with Crippen molar-refractivity contribution in [1.29, 1.82) is 0 Å². The summed E-state index contributed by atoms with van der Waals surface area (Å²) in [5.74, 6) is -0.141. The maximum Gasteiger partial charge on any atom is 0.366 e. The standard InChI is InChI=1S/C32H18N8O9S3/c41-50(42,43)22-14-13-21-23(24(22)51(44,45)46)30-36-26-16-8-2-4-10-18(16)28(34-26)39-32-20-12-6-5-11-19(20)31(40(32)52(47,48)49)38-27-17-9-3-1-7-15(17)25(33-27)35-29(21)37-30/h1-14H,(H,41,42,43)(H,44,45,46)(H,47,48,49)(H,33,34,35,36,37,38,39). The maximum atomic E-state index is 13.1. The van der Waals surface area contributed by atoms with Crippen molar-refractivity contribution in [2.24, 2.45) is 0 Å². The van der Waals surface area contributed by atoms with E-state index in [0.717, 1.165) is 6.07 Å².